The predicted octanol–water partition coefficient (Wildman–Crippen LogP) is 2.97. The molecule has 1 aromatic carbocycles. The Labute approximate surface area is 109 Å². The van der Waals surface area contributed by atoms with Crippen molar-refractivity contribution in [1.29, 1.82) is 0 Å². The first-order chi connectivity index (χ1) is 8.66. The number of Topliss-reactive ketones (excluding diaryl/α,β-unsaturated/α-hetero) is 1. The summed E-state index contributed by atoms with van der Waals surface area (Å²) in [6.45, 7) is 8.85. The number of hydrogen-bond acceptors (Lipinski definition) is 2. The van der Waals surface area contributed by atoms with E-state index in [-0.39, 0.29) is 5.78 Å². The van der Waals surface area contributed by atoms with Gasteiger partial charge in [-0.15, -0.1) is 0 Å². The molecule has 96 valence electrons. The SMILES string of the molecule is C=C(C)C(=O)Cc1ccccc1CN1CCCC1. The molecule has 0 spiro atoms. The van der Waals surface area contributed by atoms with Crippen LogP contribution >= 0.6 is 0 Å². The van der Waals surface area contributed by atoms with E-state index in [2.05, 4.69) is 29.7 Å². The second-order valence-electron chi connectivity index (χ2n) is 5.13. The summed E-state index contributed by atoms with van der Waals surface area (Å²) in [6, 6.07) is 8.26. The molecule has 2 rings (SSSR count). The van der Waals surface area contributed by atoms with E-state index in [1.165, 1.54) is 31.5 Å². The van der Waals surface area contributed by atoms with Gasteiger partial charge in [0.15, 0.2) is 5.78 Å². The van der Waals surface area contributed by atoms with E-state index in [1.807, 2.05) is 6.07 Å². The van der Waals surface area contributed by atoms with Gasteiger partial charge in [0.25, 0.3) is 0 Å². The summed E-state index contributed by atoms with van der Waals surface area (Å²) >= 11 is 0. The molecule has 18 heavy (non-hydrogen) atoms. The molecule has 1 saturated heterocycles. The Kier molecular flexibility index (Phi) is 4.32. The van der Waals surface area contributed by atoms with Crippen LogP contribution in [0.4, 0.5) is 0 Å². The largest absolute Gasteiger partial charge is 0.299 e. The van der Waals surface area contributed by atoms with Crippen molar-refractivity contribution in [3.05, 3.63) is 47.5 Å². The lowest BCUT2D eigenvalue weighted by molar-refractivity contribution is -0.114. The minimum atomic E-state index is 0.142. The van der Waals surface area contributed by atoms with Crippen LogP contribution in [0.2, 0.25) is 0 Å². The van der Waals surface area contributed by atoms with Gasteiger partial charge >= 0.3 is 0 Å². The van der Waals surface area contributed by atoms with E-state index in [0.29, 0.717) is 12.0 Å². The summed E-state index contributed by atoms with van der Waals surface area (Å²) in [6.07, 6.45) is 3.08. The molecule has 1 aliphatic rings. The van der Waals surface area contributed by atoms with Gasteiger partial charge in [0, 0.05) is 13.0 Å². The third kappa shape index (κ3) is 3.30. The Morgan fingerprint density at radius 1 is 1.22 bits per heavy atom. The van der Waals surface area contributed by atoms with Crippen LogP contribution in [0.3, 0.4) is 0 Å². The van der Waals surface area contributed by atoms with Gasteiger partial charge in [-0.3, -0.25) is 9.69 Å². The first-order valence-corrected chi connectivity index (χ1v) is 6.64. The molecule has 1 aromatic rings. The van der Waals surface area contributed by atoms with Gasteiger partial charge in [0.2, 0.25) is 0 Å². The van der Waals surface area contributed by atoms with Crippen LogP contribution in [0.25, 0.3) is 0 Å². The zero-order chi connectivity index (χ0) is 13.0. The first-order valence-electron chi connectivity index (χ1n) is 6.64. The topological polar surface area (TPSA) is 20.3 Å². The van der Waals surface area contributed by atoms with E-state index in [1.54, 1.807) is 6.92 Å². The molecular formula is C16H21NO. The lowest BCUT2D eigenvalue weighted by atomic mass is 9.99. The number of hydrogen-bond donors (Lipinski definition) is 0. The Hall–Kier alpha value is -1.41. The van der Waals surface area contributed by atoms with Crippen molar-refractivity contribution in [2.75, 3.05) is 13.1 Å². The van der Waals surface area contributed by atoms with E-state index >= 15 is 0 Å². The van der Waals surface area contributed by atoms with Crippen LogP contribution in [0.1, 0.15) is 30.9 Å². The zero-order valence-corrected chi connectivity index (χ0v) is 11.1. The van der Waals surface area contributed by atoms with Crippen molar-refractivity contribution in [3.63, 3.8) is 0 Å². The summed E-state index contributed by atoms with van der Waals surface area (Å²) in [4.78, 5) is 14.3. The predicted molar refractivity (Wildman–Crippen MR) is 74.5 cm³/mol. The van der Waals surface area contributed by atoms with Crippen molar-refractivity contribution in [2.45, 2.75) is 32.7 Å². The molecule has 1 fully saturated rings. The van der Waals surface area contributed by atoms with Crippen LogP contribution in [0.5, 0.6) is 0 Å². The Balaban J connectivity index is 2.09. The van der Waals surface area contributed by atoms with Crippen molar-refractivity contribution >= 4 is 5.78 Å². The molecule has 0 bridgehead atoms. The molecule has 2 heteroatoms. The normalized spacial score (nSPS) is 15.8. The summed E-state index contributed by atoms with van der Waals surface area (Å²) < 4.78 is 0. The zero-order valence-electron chi connectivity index (χ0n) is 11.1. The number of likely N-dealkylation sites (tertiary alicyclic amines) is 1. The molecular weight excluding hydrogens is 222 g/mol. The molecule has 0 atom stereocenters. The number of rotatable bonds is 5. The second kappa shape index (κ2) is 5.96. The number of allylic oxidation sites excluding steroid dienone is 1. The van der Waals surface area contributed by atoms with Crippen molar-refractivity contribution in [2.24, 2.45) is 0 Å². The maximum Gasteiger partial charge on any atom is 0.162 e. The lowest BCUT2D eigenvalue weighted by Crippen LogP contribution is -2.19. The highest BCUT2D eigenvalue weighted by Gasteiger charge is 2.14. The quantitative estimate of drug-likeness (QED) is 0.741. The molecule has 0 aliphatic carbocycles. The molecule has 2 nitrogen and oxygen atoms in total. The Bertz CT molecular complexity index is 444. The summed E-state index contributed by atoms with van der Waals surface area (Å²) in [7, 11) is 0. The standard InChI is InChI=1S/C16H21NO/c1-13(2)16(18)11-14-7-3-4-8-15(14)12-17-9-5-6-10-17/h3-4,7-8H,1,5-6,9-12H2,2H3. The highest BCUT2D eigenvalue weighted by molar-refractivity contribution is 5.95. The fourth-order valence-corrected chi connectivity index (χ4v) is 2.39. The van der Waals surface area contributed by atoms with Crippen molar-refractivity contribution < 1.29 is 4.79 Å². The number of nitrogens with zero attached hydrogens (tertiary/aromatic N) is 1. The molecule has 0 radical (unpaired) electrons. The highest BCUT2D eigenvalue weighted by Crippen LogP contribution is 2.17. The number of benzene rings is 1. The summed E-state index contributed by atoms with van der Waals surface area (Å²) in [5.41, 5.74) is 3.08. The van der Waals surface area contributed by atoms with Gasteiger partial charge in [-0.1, -0.05) is 30.8 Å². The fraction of sp³-hybridized carbons (Fsp3) is 0.438. The van der Waals surface area contributed by atoms with E-state index < -0.39 is 0 Å². The molecule has 0 amide bonds. The van der Waals surface area contributed by atoms with E-state index in [4.69, 9.17) is 0 Å². The van der Waals surface area contributed by atoms with Crippen LogP contribution in [-0.2, 0) is 17.8 Å². The third-order valence-electron chi connectivity index (χ3n) is 3.54. The maximum atomic E-state index is 11.8. The number of ketones is 1. The van der Waals surface area contributed by atoms with E-state index in [0.717, 1.165) is 12.1 Å². The van der Waals surface area contributed by atoms with Crippen molar-refractivity contribution in [1.82, 2.24) is 4.90 Å². The second-order valence-corrected chi connectivity index (χ2v) is 5.13. The summed E-state index contributed by atoms with van der Waals surface area (Å²) in [5.74, 6) is 0.142. The molecule has 0 unspecified atom stereocenters. The lowest BCUT2D eigenvalue weighted by Gasteiger charge is -2.17. The molecule has 1 aliphatic heterocycles. The van der Waals surface area contributed by atoms with Gasteiger partial charge < -0.3 is 0 Å². The van der Waals surface area contributed by atoms with Crippen LogP contribution < -0.4 is 0 Å². The fourth-order valence-electron chi connectivity index (χ4n) is 2.39. The first kappa shape index (κ1) is 13.0. The number of carbonyl (C=O) groups is 1. The van der Waals surface area contributed by atoms with Crippen LogP contribution in [-0.4, -0.2) is 23.8 Å². The van der Waals surface area contributed by atoms with Gasteiger partial charge in [-0.25, -0.2) is 0 Å². The average molecular weight is 243 g/mol. The number of carbonyl (C=O) groups excluding carboxylic acids is 1. The highest BCUT2D eigenvalue weighted by atomic mass is 16.1. The molecule has 0 aromatic heterocycles. The molecule has 0 N–H and O–H groups in total. The third-order valence-corrected chi connectivity index (χ3v) is 3.54. The molecule has 0 saturated carbocycles. The van der Waals surface area contributed by atoms with Crippen LogP contribution in [0, 0.1) is 0 Å². The van der Waals surface area contributed by atoms with Gasteiger partial charge in [-0.2, -0.15) is 0 Å². The Morgan fingerprint density at radius 3 is 2.44 bits per heavy atom. The maximum absolute atomic E-state index is 11.8. The Morgan fingerprint density at radius 2 is 1.83 bits per heavy atom. The monoisotopic (exact) mass is 243 g/mol. The minimum absolute atomic E-state index is 0.142. The summed E-state index contributed by atoms with van der Waals surface area (Å²) in [5, 5.41) is 0. The van der Waals surface area contributed by atoms with Gasteiger partial charge in [-0.05, 0) is 49.6 Å². The van der Waals surface area contributed by atoms with Crippen molar-refractivity contribution in [3.8, 4) is 0 Å². The van der Waals surface area contributed by atoms with Gasteiger partial charge in [0.1, 0.15) is 0 Å². The smallest absolute Gasteiger partial charge is 0.162 e. The minimum Gasteiger partial charge on any atom is -0.299 e. The molecule has 1 heterocycles. The van der Waals surface area contributed by atoms with Crippen LogP contribution in [0.15, 0.2) is 36.4 Å². The average Bonchev–Trinajstić information content (AvgIpc) is 2.84. The van der Waals surface area contributed by atoms with Gasteiger partial charge in [0.05, 0.1) is 0 Å². The van der Waals surface area contributed by atoms with E-state index in [9.17, 15) is 4.79 Å².